The van der Waals surface area contributed by atoms with E-state index in [9.17, 15) is 9.90 Å². The molecule has 24 heavy (non-hydrogen) atoms. The lowest BCUT2D eigenvalue weighted by Crippen LogP contribution is -2.44. The van der Waals surface area contributed by atoms with E-state index in [0.717, 1.165) is 44.7 Å². The zero-order valence-corrected chi connectivity index (χ0v) is 14.5. The molecule has 2 aliphatic heterocycles. The number of aliphatic hydroxyl groups excluding tert-OH is 1. The first kappa shape index (κ1) is 17.2. The highest BCUT2D eigenvalue weighted by Gasteiger charge is 2.27. The molecule has 3 heterocycles. The Bertz CT molecular complexity index is 522. The minimum Gasteiger partial charge on any atom is -0.396 e. The van der Waals surface area contributed by atoms with Crippen LogP contribution in [0.5, 0.6) is 0 Å². The summed E-state index contributed by atoms with van der Waals surface area (Å²) >= 11 is 0. The standard InChI is InChI=1S/C19H29N3O2/c23-14-10-17-7-3-6-13-22(17)19(24)16-8-9-18(20-15-16)21-11-4-1-2-5-12-21/h8-9,15,17,23H,1-7,10-14H2. The molecule has 2 fully saturated rings. The van der Waals surface area contributed by atoms with E-state index >= 15 is 0 Å². The number of aliphatic hydroxyl groups is 1. The van der Waals surface area contributed by atoms with Gasteiger partial charge in [0.1, 0.15) is 5.82 Å². The lowest BCUT2D eigenvalue weighted by Gasteiger charge is -2.35. The van der Waals surface area contributed by atoms with Gasteiger partial charge < -0.3 is 14.9 Å². The molecular formula is C19H29N3O2. The number of anilines is 1. The number of amides is 1. The van der Waals surface area contributed by atoms with Gasteiger partial charge in [-0.1, -0.05) is 12.8 Å². The number of carbonyl (C=O) groups excluding carboxylic acids is 1. The van der Waals surface area contributed by atoms with Gasteiger partial charge in [0.15, 0.2) is 0 Å². The molecule has 0 aromatic carbocycles. The van der Waals surface area contributed by atoms with E-state index in [-0.39, 0.29) is 18.6 Å². The van der Waals surface area contributed by atoms with Crippen molar-refractivity contribution in [3.8, 4) is 0 Å². The van der Waals surface area contributed by atoms with Crippen LogP contribution in [0.15, 0.2) is 18.3 Å². The fraction of sp³-hybridized carbons (Fsp3) is 0.684. The molecule has 5 heteroatoms. The van der Waals surface area contributed by atoms with Crippen molar-refractivity contribution in [2.75, 3.05) is 31.1 Å². The molecule has 5 nitrogen and oxygen atoms in total. The number of nitrogens with zero attached hydrogens (tertiary/aromatic N) is 3. The largest absolute Gasteiger partial charge is 0.396 e. The molecule has 0 bridgehead atoms. The number of hydrogen-bond donors (Lipinski definition) is 1. The summed E-state index contributed by atoms with van der Waals surface area (Å²) in [5, 5.41) is 9.24. The number of pyridine rings is 1. The van der Waals surface area contributed by atoms with E-state index in [1.54, 1.807) is 6.20 Å². The molecule has 1 aromatic heterocycles. The van der Waals surface area contributed by atoms with Gasteiger partial charge in [0.2, 0.25) is 0 Å². The van der Waals surface area contributed by atoms with Crippen molar-refractivity contribution >= 4 is 11.7 Å². The van der Waals surface area contributed by atoms with Crippen molar-refractivity contribution < 1.29 is 9.90 Å². The fourth-order valence-corrected chi connectivity index (χ4v) is 3.88. The Labute approximate surface area is 144 Å². The average Bonchev–Trinajstić information content (AvgIpc) is 2.91. The van der Waals surface area contributed by atoms with E-state index in [4.69, 9.17) is 0 Å². The molecule has 0 radical (unpaired) electrons. The number of rotatable bonds is 4. The molecule has 132 valence electrons. The van der Waals surface area contributed by atoms with E-state index in [0.29, 0.717) is 12.0 Å². The first-order chi connectivity index (χ1) is 11.8. The Balaban J connectivity index is 1.68. The minimum absolute atomic E-state index is 0.0584. The quantitative estimate of drug-likeness (QED) is 0.922. The summed E-state index contributed by atoms with van der Waals surface area (Å²) in [5.41, 5.74) is 0.665. The molecule has 0 aliphatic carbocycles. The van der Waals surface area contributed by atoms with Crippen molar-refractivity contribution in [2.45, 2.75) is 57.4 Å². The predicted octanol–water partition coefficient (Wildman–Crippen LogP) is 2.84. The summed E-state index contributed by atoms with van der Waals surface area (Å²) in [6, 6.07) is 4.07. The number of piperidine rings is 1. The maximum atomic E-state index is 12.8. The Hall–Kier alpha value is -1.62. The summed E-state index contributed by atoms with van der Waals surface area (Å²) in [7, 11) is 0. The van der Waals surface area contributed by atoms with Crippen LogP contribution in [0.25, 0.3) is 0 Å². The third-order valence-corrected chi connectivity index (χ3v) is 5.28. The molecule has 1 N–H and O–H groups in total. The second-order valence-electron chi connectivity index (χ2n) is 6.97. The van der Waals surface area contributed by atoms with Crippen LogP contribution in [0.1, 0.15) is 61.7 Å². The molecule has 3 rings (SSSR count). The summed E-state index contributed by atoms with van der Waals surface area (Å²) in [4.78, 5) is 21.6. The predicted molar refractivity (Wildman–Crippen MR) is 95.3 cm³/mol. The zero-order valence-electron chi connectivity index (χ0n) is 14.5. The van der Waals surface area contributed by atoms with Crippen molar-refractivity contribution in [1.82, 2.24) is 9.88 Å². The van der Waals surface area contributed by atoms with Crippen molar-refractivity contribution in [2.24, 2.45) is 0 Å². The normalized spacial score (nSPS) is 22.3. The second-order valence-corrected chi connectivity index (χ2v) is 6.97. The molecule has 2 aliphatic rings. The zero-order chi connectivity index (χ0) is 16.8. The monoisotopic (exact) mass is 331 g/mol. The van der Waals surface area contributed by atoms with Crippen LogP contribution in [-0.4, -0.2) is 53.2 Å². The summed E-state index contributed by atoms with van der Waals surface area (Å²) in [5.74, 6) is 1.04. The van der Waals surface area contributed by atoms with Gasteiger partial charge in [-0.2, -0.15) is 0 Å². The molecule has 1 aromatic rings. The van der Waals surface area contributed by atoms with E-state index < -0.39 is 0 Å². The van der Waals surface area contributed by atoms with Crippen LogP contribution in [0.2, 0.25) is 0 Å². The van der Waals surface area contributed by atoms with Crippen LogP contribution >= 0.6 is 0 Å². The molecule has 1 atom stereocenters. The molecule has 2 saturated heterocycles. The van der Waals surface area contributed by atoms with E-state index in [1.165, 1.54) is 25.7 Å². The SMILES string of the molecule is O=C(c1ccc(N2CCCCCC2)nc1)N1CCCCC1CCO. The van der Waals surface area contributed by atoms with Crippen molar-refractivity contribution in [3.05, 3.63) is 23.9 Å². The molecular weight excluding hydrogens is 302 g/mol. The lowest BCUT2D eigenvalue weighted by molar-refractivity contribution is 0.0574. The van der Waals surface area contributed by atoms with Gasteiger partial charge in [0.25, 0.3) is 5.91 Å². The average molecular weight is 331 g/mol. The molecule has 0 spiro atoms. The number of carbonyl (C=O) groups is 1. The molecule has 1 unspecified atom stereocenters. The van der Waals surface area contributed by atoms with Crippen LogP contribution in [0.4, 0.5) is 5.82 Å². The second kappa shape index (κ2) is 8.47. The first-order valence-electron chi connectivity index (χ1n) is 9.42. The number of aromatic nitrogens is 1. The Kier molecular flexibility index (Phi) is 6.07. The number of hydrogen-bond acceptors (Lipinski definition) is 4. The maximum Gasteiger partial charge on any atom is 0.255 e. The van der Waals surface area contributed by atoms with Crippen LogP contribution < -0.4 is 4.90 Å². The maximum absolute atomic E-state index is 12.8. The smallest absolute Gasteiger partial charge is 0.255 e. The Morgan fingerprint density at radius 2 is 1.83 bits per heavy atom. The van der Waals surface area contributed by atoms with Crippen LogP contribution in [0.3, 0.4) is 0 Å². The van der Waals surface area contributed by atoms with Gasteiger partial charge in [0.05, 0.1) is 5.56 Å². The topological polar surface area (TPSA) is 56.7 Å². The highest BCUT2D eigenvalue weighted by Crippen LogP contribution is 2.23. The summed E-state index contributed by atoms with van der Waals surface area (Å²) < 4.78 is 0. The highest BCUT2D eigenvalue weighted by atomic mass is 16.3. The van der Waals surface area contributed by atoms with Gasteiger partial charge in [-0.05, 0) is 50.7 Å². The number of likely N-dealkylation sites (tertiary alicyclic amines) is 1. The summed E-state index contributed by atoms with van der Waals surface area (Å²) in [6.45, 7) is 3.05. The lowest BCUT2D eigenvalue weighted by atomic mass is 9.98. The van der Waals surface area contributed by atoms with Gasteiger partial charge >= 0.3 is 0 Å². The van der Waals surface area contributed by atoms with Crippen molar-refractivity contribution in [1.29, 1.82) is 0 Å². The fourth-order valence-electron chi connectivity index (χ4n) is 3.88. The Morgan fingerprint density at radius 3 is 2.50 bits per heavy atom. The molecule has 0 saturated carbocycles. The third-order valence-electron chi connectivity index (χ3n) is 5.28. The molecule has 1 amide bonds. The van der Waals surface area contributed by atoms with Crippen molar-refractivity contribution in [3.63, 3.8) is 0 Å². The van der Waals surface area contributed by atoms with Crippen LogP contribution in [-0.2, 0) is 0 Å². The first-order valence-corrected chi connectivity index (χ1v) is 9.42. The summed E-state index contributed by atoms with van der Waals surface area (Å²) in [6.07, 6.45) is 10.6. The minimum atomic E-state index is 0.0584. The highest BCUT2D eigenvalue weighted by molar-refractivity contribution is 5.94. The van der Waals surface area contributed by atoms with Gasteiger partial charge in [-0.3, -0.25) is 4.79 Å². The third kappa shape index (κ3) is 4.07. The van der Waals surface area contributed by atoms with Gasteiger partial charge in [-0.25, -0.2) is 4.98 Å². The van der Waals surface area contributed by atoms with E-state index in [2.05, 4.69) is 9.88 Å². The van der Waals surface area contributed by atoms with Crippen LogP contribution in [0, 0.1) is 0 Å². The van der Waals surface area contributed by atoms with Gasteiger partial charge in [-0.15, -0.1) is 0 Å². The Morgan fingerprint density at radius 1 is 1.08 bits per heavy atom. The van der Waals surface area contributed by atoms with Gasteiger partial charge in [0, 0.05) is 38.5 Å². The van der Waals surface area contributed by atoms with E-state index in [1.807, 2.05) is 17.0 Å².